The molecule has 0 radical (unpaired) electrons. The second-order valence-electron chi connectivity index (χ2n) is 12.7. The van der Waals surface area contributed by atoms with Gasteiger partial charge in [0.15, 0.2) is 17.5 Å². The van der Waals surface area contributed by atoms with E-state index in [4.69, 9.17) is 19.4 Å². The van der Waals surface area contributed by atoms with Crippen LogP contribution in [0.3, 0.4) is 0 Å². The van der Waals surface area contributed by atoms with Crippen molar-refractivity contribution in [1.82, 2.24) is 19.9 Å². The topological polar surface area (TPSA) is 64.7 Å². The van der Waals surface area contributed by atoms with E-state index in [0.717, 1.165) is 60.7 Å². The van der Waals surface area contributed by atoms with E-state index in [9.17, 15) is 0 Å². The Labute approximate surface area is 293 Å². The number of nitrogens with zero attached hydrogens (tertiary/aromatic N) is 4. The Bertz CT molecular complexity index is 2910. The van der Waals surface area contributed by atoms with Crippen molar-refractivity contribution in [3.63, 3.8) is 0 Å². The minimum Gasteiger partial charge on any atom is -0.437 e. The molecule has 10 rings (SSSR count). The highest BCUT2D eigenvalue weighted by molar-refractivity contribution is 6.14. The van der Waals surface area contributed by atoms with Crippen LogP contribution in [0.2, 0.25) is 0 Å². The van der Waals surface area contributed by atoms with Crippen LogP contribution in [-0.4, -0.2) is 19.9 Å². The van der Waals surface area contributed by atoms with Gasteiger partial charge in [-0.15, -0.1) is 0 Å². The van der Waals surface area contributed by atoms with Gasteiger partial charge in [-0.25, -0.2) is 19.9 Å². The number of furan rings is 1. The number of hydrogen-bond donors (Lipinski definition) is 0. The van der Waals surface area contributed by atoms with Crippen LogP contribution in [0.25, 0.3) is 100 Å². The molecule has 0 fully saturated rings. The summed E-state index contributed by atoms with van der Waals surface area (Å²) in [5.74, 6) is 1.89. The van der Waals surface area contributed by atoms with E-state index in [1.165, 1.54) is 16.2 Å². The highest BCUT2D eigenvalue weighted by Crippen LogP contribution is 2.40. The van der Waals surface area contributed by atoms with Gasteiger partial charge in [0.25, 0.3) is 0 Å². The van der Waals surface area contributed by atoms with E-state index >= 15 is 0 Å². The molecule has 0 aliphatic heterocycles. The van der Waals surface area contributed by atoms with Crippen molar-refractivity contribution in [2.24, 2.45) is 0 Å². The van der Waals surface area contributed by atoms with E-state index in [1.807, 2.05) is 36.5 Å². The van der Waals surface area contributed by atoms with Crippen molar-refractivity contribution < 1.29 is 4.42 Å². The number of aromatic nitrogens is 4. The highest BCUT2D eigenvalue weighted by atomic mass is 16.3. The third kappa shape index (κ3) is 5.11. The molecule has 51 heavy (non-hydrogen) atoms. The second-order valence-corrected chi connectivity index (χ2v) is 12.7. The van der Waals surface area contributed by atoms with Gasteiger partial charge in [0, 0.05) is 33.8 Å². The molecule has 10 aromatic rings. The van der Waals surface area contributed by atoms with E-state index in [-0.39, 0.29) is 0 Å². The van der Waals surface area contributed by atoms with Crippen LogP contribution >= 0.6 is 0 Å². The van der Waals surface area contributed by atoms with Crippen LogP contribution in [-0.2, 0) is 0 Å². The molecule has 0 unspecified atom stereocenters. The number of para-hydroxylation sites is 1. The third-order valence-electron chi connectivity index (χ3n) is 9.59. The Balaban J connectivity index is 1.07. The summed E-state index contributed by atoms with van der Waals surface area (Å²) in [5.41, 5.74) is 8.50. The zero-order valence-electron chi connectivity index (χ0n) is 27.4. The van der Waals surface area contributed by atoms with Crippen molar-refractivity contribution in [1.29, 1.82) is 0 Å². The summed E-state index contributed by atoms with van der Waals surface area (Å²) in [6.07, 6.45) is 1.82. The summed E-state index contributed by atoms with van der Waals surface area (Å²) in [4.78, 5) is 19.5. The molecule has 3 aromatic heterocycles. The highest BCUT2D eigenvalue weighted by Gasteiger charge is 2.18. The first-order valence-electron chi connectivity index (χ1n) is 17.0. The zero-order valence-corrected chi connectivity index (χ0v) is 27.4. The van der Waals surface area contributed by atoms with Gasteiger partial charge in [0.05, 0.1) is 5.39 Å². The Hall–Kier alpha value is -6.98. The number of fused-ring (bicyclic) bond motifs is 5. The van der Waals surface area contributed by atoms with E-state index in [0.29, 0.717) is 23.2 Å². The van der Waals surface area contributed by atoms with Crippen molar-refractivity contribution in [3.05, 3.63) is 170 Å². The van der Waals surface area contributed by atoms with Crippen LogP contribution in [0.4, 0.5) is 0 Å². The molecule has 5 nitrogen and oxygen atoms in total. The van der Waals surface area contributed by atoms with Crippen molar-refractivity contribution in [2.75, 3.05) is 0 Å². The van der Waals surface area contributed by atoms with Crippen LogP contribution in [0, 0.1) is 0 Å². The molecule has 5 heteroatoms. The largest absolute Gasteiger partial charge is 0.437 e. The first kappa shape index (κ1) is 29.0. The van der Waals surface area contributed by atoms with Gasteiger partial charge >= 0.3 is 0 Å². The van der Waals surface area contributed by atoms with Crippen LogP contribution < -0.4 is 0 Å². The Morgan fingerprint density at radius 3 is 1.63 bits per heavy atom. The lowest BCUT2D eigenvalue weighted by molar-refractivity contribution is 0.655. The molecule has 0 saturated carbocycles. The first-order chi connectivity index (χ1) is 25.2. The molecular formula is C46H28N4O. The average Bonchev–Trinajstić information content (AvgIpc) is 3.60. The molecule has 0 bridgehead atoms. The van der Waals surface area contributed by atoms with Gasteiger partial charge in [-0.3, -0.25) is 0 Å². The first-order valence-corrected chi connectivity index (χ1v) is 17.0. The fourth-order valence-electron chi connectivity index (χ4n) is 7.02. The van der Waals surface area contributed by atoms with E-state index in [1.54, 1.807) is 0 Å². The van der Waals surface area contributed by atoms with Crippen molar-refractivity contribution in [3.8, 4) is 56.4 Å². The van der Waals surface area contributed by atoms with Gasteiger partial charge in [-0.1, -0.05) is 146 Å². The molecule has 238 valence electrons. The summed E-state index contributed by atoms with van der Waals surface area (Å²) in [5, 5.41) is 6.75. The molecule has 0 saturated heterocycles. The summed E-state index contributed by atoms with van der Waals surface area (Å²) >= 11 is 0. The molecule has 7 aromatic carbocycles. The monoisotopic (exact) mass is 652 g/mol. The zero-order chi connectivity index (χ0) is 33.7. The standard InChI is InChI=1S/C46H28N4O/c1-2-11-32(12-3-1)43-48-44(50-45(49-43)37-24-18-30-10-5-7-14-35(30)28-37)33-21-19-31(20-22-33)38-25-26-47-46-41(38)40-16-8-15-39(42(40)51-46)36-23-17-29-9-4-6-13-34(29)27-36/h1-28H. The maximum absolute atomic E-state index is 6.50. The third-order valence-corrected chi connectivity index (χ3v) is 9.59. The van der Waals surface area contributed by atoms with Crippen LogP contribution in [0.5, 0.6) is 0 Å². The fourth-order valence-corrected chi connectivity index (χ4v) is 7.02. The van der Waals surface area contributed by atoms with Crippen molar-refractivity contribution in [2.45, 2.75) is 0 Å². The second kappa shape index (κ2) is 11.9. The maximum Gasteiger partial charge on any atom is 0.227 e. The summed E-state index contributed by atoms with van der Waals surface area (Å²) in [7, 11) is 0. The lowest BCUT2D eigenvalue weighted by Gasteiger charge is -2.10. The SMILES string of the molecule is c1ccc(-c2nc(-c3ccc(-c4ccnc5oc6c(-c7ccc8ccccc8c7)cccc6c45)cc3)nc(-c3ccc4ccccc4c3)n2)cc1. The number of benzene rings is 7. The number of pyridine rings is 1. The van der Waals surface area contributed by atoms with E-state index < -0.39 is 0 Å². The number of hydrogen-bond acceptors (Lipinski definition) is 5. The minimum absolute atomic E-state index is 0.616. The molecule has 0 aliphatic rings. The minimum atomic E-state index is 0.616. The molecule has 3 heterocycles. The lowest BCUT2D eigenvalue weighted by Crippen LogP contribution is -2.00. The molecule has 0 aliphatic carbocycles. The molecule has 0 amide bonds. The van der Waals surface area contributed by atoms with Gasteiger partial charge in [0.1, 0.15) is 5.58 Å². The quantitative estimate of drug-likeness (QED) is 0.185. The Morgan fingerprint density at radius 1 is 0.373 bits per heavy atom. The molecule has 0 N–H and O–H groups in total. The fraction of sp³-hybridized carbons (Fsp3) is 0. The number of rotatable bonds is 5. The van der Waals surface area contributed by atoms with Gasteiger partial charge < -0.3 is 4.42 Å². The van der Waals surface area contributed by atoms with Crippen LogP contribution in [0.1, 0.15) is 0 Å². The van der Waals surface area contributed by atoms with Gasteiger partial charge in [-0.05, 0) is 56.4 Å². The smallest absolute Gasteiger partial charge is 0.227 e. The predicted molar refractivity (Wildman–Crippen MR) is 207 cm³/mol. The van der Waals surface area contributed by atoms with Crippen LogP contribution in [0.15, 0.2) is 174 Å². The Morgan fingerprint density at radius 2 is 0.922 bits per heavy atom. The molecule has 0 atom stereocenters. The summed E-state index contributed by atoms with van der Waals surface area (Å²) in [6.45, 7) is 0. The van der Waals surface area contributed by atoms with E-state index in [2.05, 4.69) is 138 Å². The summed E-state index contributed by atoms with van der Waals surface area (Å²) < 4.78 is 6.50. The Kier molecular flexibility index (Phi) is 6.74. The van der Waals surface area contributed by atoms with Crippen molar-refractivity contribution >= 4 is 43.6 Å². The summed E-state index contributed by atoms with van der Waals surface area (Å²) in [6, 6.07) is 56.5. The van der Waals surface area contributed by atoms with Gasteiger partial charge in [-0.2, -0.15) is 0 Å². The predicted octanol–water partition coefficient (Wildman–Crippen LogP) is 11.8. The lowest BCUT2D eigenvalue weighted by atomic mass is 9.97. The normalized spacial score (nSPS) is 11.5. The maximum atomic E-state index is 6.50. The van der Waals surface area contributed by atoms with Gasteiger partial charge in [0.2, 0.25) is 5.71 Å². The molecule has 0 spiro atoms. The average molecular weight is 653 g/mol. The molecular weight excluding hydrogens is 625 g/mol.